The zero-order chi connectivity index (χ0) is 8.55. The normalized spacial score (nSPS) is 37.5. The number of rotatable bonds is 0. The third kappa shape index (κ3) is 1.30. The molecule has 2 fully saturated rings. The molecule has 0 bridgehead atoms. The summed E-state index contributed by atoms with van der Waals surface area (Å²) in [5.41, 5.74) is 0. The Labute approximate surface area is 71.2 Å². The van der Waals surface area contributed by atoms with Gasteiger partial charge in [-0.1, -0.05) is 5.92 Å². The van der Waals surface area contributed by atoms with Crippen LogP contribution in [0.2, 0.25) is 0 Å². The predicted molar refractivity (Wildman–Crippen MR) is 43.4 cm³/mol. The number of hydrogen-bond donors (Lipinski definition) is 2. The lowest BCUT2D eigenvalue weighted by Gasteiger charge is -2.07. The Hall–Kier alpha value is -1.01. The lowest BCUT2D eigenvalue weighted by molar-refractivity contribution is -0.130. The smallest absolute Gasteiger partial charge is 0.381 e. The summed E-state index contributed by atoms with van der Waals surface area (Å²) < 4.78 is 0. The minimum atomic E-state index is -1.01. The summed E-state index contributed by atoms with van der Waals surface area (Å²) in [5, 5.41) is 11.6. The van der Waals surface area contributed by atoms with E-state index in [2.05, 4.69) is 17.2 Å². The third-order valence-electron chi connectivity index (χ3n) is 2.71. The average Bonchev–Trinajstić information content (AvgIpc) is 2.74. The van der Waals surface area contributed by atoms with Crippen molar-refractivity contribution in [3.8, 4) is 11.8 Å². The highest BCUT2D eigenvalue weighted by Gasteiger charge is 2.49. The van der Waals surface area contributed by atoms with Crippen molar-refractivity contribution >= 4 is 5.97 Å². The van der Waals surface area contributed by atoms with Gasteiger partial charge < -0.3 is 10.4 Å². The van der Waals surface area contributed by atoms with E-state index in [4.69, 9.17) is 5.11 Å². The number of piperidine rings is 1. The number of aliphatic carboxylic acids is 1. The van der Waals surface area contributed by atoms with Gasteiger partial charge in [0.1, 0.15) is 0 Å². The standard InChI is InChI=1S/C9H11NO2/c11-9(12)2-1-6-7-3-4-10-5-8(6)7/h6-8,10H,3-5H2,(H,11,12). The monoisotopic (exact) mass is 165 g/mol. The van der Waals surface area contributed by atoms with E-state index in [0.717, 1.165) is 19.5 Å². The van der Waals surface area contributed by atoms with Gasteiger partial charge in [0, 0.05) is 11.8 Å². The Morgan fingerprint density at radius 2 is 2.33 bits per heavy atom. The number of carboxylic acids is 1. The topological polar surface area (TPSA) is 49.3 Å². The Bertz CT molecular complexity index is 251. The first-order valence-electron chi connectivity index (χ1n) is 4.24. The van der Waals surface area contributed by atoms with E-state index in [9.17, 15) is 4.79 Å². The molecule has 2 N–H and O–H groups in total. The van der Waals surface area contributed by atoms with E-state index in [0.29, 0.717) is 17.8 Å². The average molecular weight is 165 g/mol. The van der Waals surface area contributed by atoms with Gasteiger partial charge in [-0.05, 0) is 31.3 Å². The first kappa shape index (κ1) is 7.63. The molecule has 12 heavy (non-hydrogen) atoms. The molecule has 0 radical (unpaired) electrons. The van der Waals surface area contributed by atoms with Crippen molar-refractivity contribution in [3.05, 3.63) is 0 Å². The largest absolute Gasteiger partial charge is 0.472 e. The molecule has 3 atom stereocenters. The summed E-state index contributed by atoms with van der Waals surface area (Å²) in [6, 6.07) is 0. The first-order valence-corrected chi connectivity index (χ1v) is 4.24. The Kier molecular flexibility index (Phi) is 1.78. The van der Waals surface area contributed by atoms with Crippen LogP contribution in [0.4, 0.5) is 0 Å². The number of carboxylic acid groups (broad SMARTS) is 1. The van der Waals surface area contributed by atoms with Crippen LogP contribution in [-0.2, 0) is 4.79 Å². The van der Waals surface area contributed by atoms with Gasteiger partial charge >= 0.3 is 5.97 Å². The summed E-state index contributed by atoms with van der Waals surface area (Å²) in [5.74, 6) is 5.67. The van der Waals surface area contributed by atoms with Crippen molar-refractivity contribution in [1.29, 1.82) is 0 Å². The second-order valence-electron chi connectivity index (χ2n) is 3.42. The molecule has 0 aromatic carbocycles. The lowest BCUT2D eigenvalue weighted by atomic mass is 10.2. The summed E-state index contributed by atoms with van der Waals surface area (Å²) >= 11 is 0. The molecule has 3 nitrogen and oxygen atoms in total. The van der Waals surface area contributed by atoms with Crippen LogP contribution in [0, 0.1) is 29.6 Å². The zero-order valence-electron chi connectivity index (χ0n) is 6.71. The maximum absolute atomic E-state index is 10.1. The molecule has 3 heteroatoms. The van der Waals surface area contributed by atoms with Crippen LogP contribution < -0.4 is 5.32 Å². The molecule has 0 aromatic heterocycles. The third-order valence-corrected chi connectivity index (χ3v) is 2.71. The fraction of sp³-hybridized carbons (Fsp3) is 0.667. The second kappa shape index (κ2) is 2.80. The van der Waals surface area contributed by atoms with Gasteiger partial charge in [0.25, 0.3) is 0 Å². The van der Waals surface area contributed by atoms with E-state index in [1.165, 1.54) is 0 Å². The molecule has 1 saturated carbocycles. The van der Waals surface area contributed by atoms with Crippen molar-refractivity contribution in [2.45, 2.75) is 6.42 Å². The van der Waals surface area contributed by atoms with Crippen molar-refractivity contribution in [3.63, 3.8) is 0 Å². The molecular weight excluding hydrogens is 154 g/mol. The lowest BCUT2D eigenvalue weighted by Crippen LogP contribution is -2.23. The molecule has 1 heterocycles. The highest BCUT2D eigenvalue weighted by atomic mass is 16.4. The number of hydrogen-bond acceptors (Lipinski definition) is 2. The molecular formula is C9H11NO2. The van der Waals surface area contributed by atoms with Crippen LogP contribution in [0.15, 0.2) is 0 Å². The molecule has 64 valence electrons. The fourth-order valence-electron chi connectivity index (χ4n) is 2.01. The highest BCUT2D eigenvalue weighted by molar-refractivity contribution is 5.86. The van der Waals surface area contributed by atoms with Crippen LogP contribution in [0.3, 0.4) is 0 Å². The highest BCUT2D eigenvalue weighted by Crippen LogP contribution is 2.49. The molecule has 2 rings (SSSR count). The summed E-state index contributed by atoms with van der Waals surface area (Å²) in [6.45, 7) is 2.08. The van der Waals surface area contributed by atoms with E-state index in [-0.39, 0.29) is 0 Å². The Balaban J connectivity index is 1.94. The van der Waals surface area contributed by atoms with Gasteiger partial charge in [0.2, 0.25) is 0 Å². The SMILES string of the molecule is O=C(O)C#CC1C2CCNCC12. The molecule has 0 aromatic rings. The minimum absolute atomic E-state index is 0.357. The second-order valence-corrected chi connectivity index (χ2v) is 3.42. The molecule has 1 aliphatic carbocycles. The van der Waals surface area contributed by atoms with Crippen molar-refractivity contribution in [2.24, 2.45) is 17.8 Å². The zero-order valence-corrected chi connectivity index (χ0v) is 6.71. The van der Waals surface area contributed by atoms with Gasteiger partial charge in [-0.2, -0.15) is 0 Å². The summed E-state index contributed by atoms with van der Waals surface area (Å²) in [7, 11) is 0. The van der Waals surface area contributed by atoms with Gasteiger partial charge in [0.05, 0.1) is 0 Å². The fourth-order valence-corrected chi connectivity index (χ4v) is 2.01. The molecule has 1 aliphatic heterocycles. The maximum Gasteiger partial charge on any atom is 0.381 e. The van der Waals surface area contributed by atoms with E-state index in [1.807, 2.05) is 0 Å². The Morgan fingerprint density at radius 3 is 2.92 bits per heavy atom. The molecule has 1 saturated heterocycles. The predicted octanol–water partition coefficient (Wildman–Crippen LogP) is -0.0701. The van der Waals surface area contributed by atoms with Crippen LogP contribution in [0.5, 0.6) is 0 Å². The Morgan fingerprint density at radius 1 is 1.50 bits per heavy atom. The van der Waals surface area contributed by atoms with Crippen molar-refractivity contribution < 1.29 is 9.90 Å². The van der Waals surface area contributed by atoms with Crippen LogP contribution in [0.1, 0.15) is 6.42 Å². The summed E-state index contributed by atoms with van der Waals surface area (Å²) in [4.78, 5) is 10.1. The van der Waals surface area contributed by atoms with Crippen LogP contribution >= 0.6 is 0 Å². The number of fused-ring (bicyclic) bond motifs is 1. The minimum Gasteiger partial charge on any atom is -0.472 e. The number of carbonyl (C=O) groups is 1. The van der Waals surface area contributed by atoms with Crippen molar-refractivity contribution in [2.75, 3.05) is 13.1 Å². The van der Waals surface area contributed by atoms with Crippen LogP contribution in [-0.4, -0.2) is 24.2 Å². The van der Waals surface area contributed by atoms with Crippen LogP contribution in [0.25, 0.3) is 0 Å². The van der Waals surface area contributed by atoms with Crippen molar-refractivity contribution in [1.82, 2.24) is 5.32 Å². The van der Waals surface area contributed by atoms with E-state index < -0.39 is 5.97 Å². The van der Waals surface area contributed by atoms with E-state index >= 15 is 0 Å². The maximum atomic E-state index is 10.1. The molecule has 0 amide bonds. The molecule has 2 aliphatic rings. The molecule has 0 spiro atoms. The van der Waals surface area contributed by atoms with E-state index in [1.54, 1.807) is 0 Å². The number of nitrogens with one attached hydrogen (secondary N) is 1. The quantitative estimate of drug-likeness (QED) is 0.494. The molecule has 3 unspecified atom stereocenters. The van der Waals surface area contributed by atoms with Gasteiger partial charge in [-0.15, -0.1) is 0 Å². The first-order chi connectivity index (χ1) is 5.79. The summed E-state index contributed by atoms with van der Waals surface area (Å²) in [6.07, 6.45) is 1.16. The van der Waals surface area contributed by atoms with Gasteiger partial charge in [0.15, 0.2) is 0 Å². The van der Waals surface area contributed by atoms with Gasteiger partial charge in [-0.25, -0.2) is 4.79 Å². The van der Waals surface area contributed by atoms with Gasteiger partial charge in [-0.3, -0.25) is 0 Å².